The highest BCUT2D eigenvalue weighted by Crippen LogP contribution is 2.25. The highest BCUT2D eigenvalue weighted by molar-refractivity contribution is 6.32. The number of hydrogen-bond acceptors (Lipinski definition) is 3. The molecular weight excluding hydrogens is 330 g/mol. The minimum absolute atomic E-state index is 0.0352. The molecule has 2 aromatic carbocycles. The zero-order chi connectivity index (χ0) is 16.1. The smallest absolute Gasteiger partial charge is 0.262 e. The van der Waals surface area contributed by atoms with Gasteiger partial charge in [0, 0.05) is 5.02 Å². The number of benzene rings is 2. The van der Waals surface area contributed by atoms with E-state index in [2.05, 4.69) is 5.32 Å². The average molecular weight is 339 g/mol. The first-order valence-electron chi connectivity index (χ1n) is 6.07. The zero-order valence-corrected chi connectivity index (χ0v) is 12.6. The summed E-state index contributed by atoms with van der Waals surface area (Å²) in [4.78, 5) is 11.7. The Morgan fingerprint density at radius 2 is 2.05 bits per heavy atom. The van der Waals surface area contributed by atoms with Crippen molar-refractivity contribution >= 4 is 34.8 Å². The molecule has 0 aliphatic heterocycles. The summed E-state index contributed by atoms with van der Waals surface area (Å²) in [6.45, 7) is -0.364. The lowest BCUT2D eigenvalue weighted by Gasteiger charge is -2.09. The monoisotopic (exact) mass is 338 g/mol. The Labute approximate surface area is 136 Å². The summed E-state index contributed by atoms with van der Waals surface area (Å²) < 4.78 is 18.7. The van der Waals surface area contributed by atoms with Crippen LogP contribution >= 0.6 is 23.2 Å². The SMILES string of the molecule is N#Cc1ccc(OCC(=O)Nc2cc(Cl)ccc2F)c(Cl)c1. The number of nitrogens with one attached hydrogen (secondary N) is 1. The van der Waals surface area contributed by atoms with Crippen LogP contribution in [0, 0.1) is 17.1 Å². The summed E-state index contributed by atoms with van der Waals surface area (Å²) >= 11 is 11.6. The van der Waals surface area contributed by atoms with Crippen molar-refractivity contribution in [3.05, 3.63) is 57.8 Å². The van der Waals surface area contributed by atoms with Crippen LogP contribution in [0.15, 0.2) is 36.4 Å². The van der Waals surface area contributed by atoms with Crippen molar-refractivity contribution in [2.45, 2.75) is 0 Å². The van der Waals surface area contributed by atoms with Gasteiger partial charge in [-0.2, -0.15) is 5.26 Å². The van der Waals surface area contributed by atoms with Crippen LogP contribution in [0.5, 0.6) is 5.75 Å². The highest BCUT2D eigenvalue weighted by Gasteiger charge is 2.10. The molecule has 7 heteroatoms. The van der Waals surface area contributed by atoms with Gasteiger partial charge in [0.25, 0.3) is 5.91 Å². The Kier molecular flexibility index (Phi) is 5.21. The fourth-order valence-corrected chi connectivity index (χ4v) is 2.02. The molecule has 4 nitrogen and oxygen atoms in total. The number of rotatable bonds is 4. The molecule has 0 atom stereocenters. The molecule has 0 saturated heterocycles. The number of carbonyl (C=O) groups is 1. The van der Waals surface area contributed by atoms with Crippen LogP contribution in [0.2, 0.25) is 10.0 Å². The van der Waals surface area contributed by atoms with Crippen LogP contribution < -0.4 is 10.1 Å². The van der Waals surface area contributed by atoms with Gasteiger partial charge >= 0.3 is 0 Å². The van der Waals surface area contributed by atoms with Gasteiger partial charge in [0.05, 0.1) is 22.3 Å². The van der Waals surface area contributed by atoms with E-state index in [0.29, 0.717) is 10.6 Å². The van der Waals surface area contributed by atoms with E-state index in [0.717, 1.165) is 6.07 Å². The number of carbonyl (C=O) groups excluding carboxylic acids is 1. The van der Waals surface area contributed by atoms with E-state index >= 15 is 0 Å². The minimum Gasteiger partial charge on any atom is -0.482 e. The molecule has 22 heavy (non-hydrogen) atoms. The Hall–Kier alpha value is -2.29. The van der Waals surface area contributed by atoms with Gasteiger partial charge in [0.15, 0.2) is 6.61 Å². The maximum atomic E-state index is 13.5. The Morgan fingerprint density at radius 1 is 1.27 bits per heavy atom. The fraction of sp³-hybridized carbons (Fsp3) is 0.0667. The topological polar surface area (TPSA) is 62.1 Å². The summed E-state index contributed by atoms with van der Waals surface area (Å²) in [7, 11) is 0. The first kappa shape index (κ1) is 16.1. The molecule has 0 heterocycles. The van der Waals surface area contributed by atoms with E-state index in [1.807, 2.05) is 6.07 Å². The van der Waals surface area contributed by atoms with Crippen LogP contribution in [0.4, 0.5) is 10.1 Å². The first-order valence-corrected chi connectivity index (χ1v) is 6.82. The minimum atomic E-state index is -0.603. The van der Waals surface area contributed by atoms with Crippen LogP contribution in [0.3, 0.4) is 0 Å². The van der Waals surface area contributed by atoms with E-state index in [9.17, 15) is 9.18 Å². The molecule has 2 aromatic rings. The molecule has 1 N–H and O–H groups in total. The molecule has 0 aliphatic carbocycles. The second-order valence-electron chi connectivity index (χ2n) is 4.22. The molecule has 0 bridgehead atoms. The van der Waals surface area contributed by atoms with E-state index in [1.165, 1.54) is 30.3 Å². The second-order valence-corrected chi connectivity index (χ2v) is 5.06. The lowest BCUT2D eigenvalue weighted by molar-refractivity contribution is -0.118. The molecule has 112 valence electrons. The third-order valence-corrected chi connectivity index (χ3v) is 3.15. The summed E-state index contributed by atoms with van der Waals surface area (Å²) in [6.07, 6.45) is 0. The van der Waals surface area contributed by atoms with Gasteiger partial charge in [-0.1, -0.05) is 23.2 Å². The number of nitriles is 1. The molecule has 0 aromatic heterocycles. The third kappa shape index (κ3) is 4.10. The van der Waals surface area contributed by atoms with Crippen molar-refractivity contribution in [3.63, 3.8) is 0 Å². The standard InChI is InChI=1S/C15H9Cl2FN2O2/c16-10-2-3-12(18)13(6-10)20-15(21)8-22-14-4-1-9(7-19)5-11(14)17/h1-6H,8H2,(H,20,21). The van der Waals surface area contributed by atoms with Gasteiger partial charge in [-0.05, 0) is 36.4 Å². The molecule has 1 amide bonds. The largest absolute Gasteiger partial charge is 0.482 e. The lowest BCUT2D eigenvalue weighted by Crippen LogP contribution is -2.20. The summed E-state index contributed by atoms with van der Waals surface area (Å²) in [5, 5.41) is 11.6. The molecule has 0 fully saturated rings. The number of ether oxygens (including phenoxy) is 1. The van der Waals surface area contributed by atoms with Gasteiger partial charge < -0.3 is 10.1 Å². The Bertz CT molecular complexity index is 760. The maximum Gasteiger partial charge on any atom is 0.262 e. The van der Waals surface area contributed by atoms with E-state index in [-0.39, 0.29) is 23.1 Å². The van der Waals surface area contributed by atoms with Gasteiger partial charge in [-0.15, -0.1) is 0 Å². The van der Waals surface area contributed by atoms with Crippen molar-refractivity contribution in [1.82, 2.24) is 0 Å². The number of nitrogens with zero attached hydrogens (tertiary/aromatic N) is 1. The molecule has 0 spiro atoms. The highest BCUT2D eigenvalue weighted by atomic mass is 35.5. The van der Waals surface area contributed by atoms with Crippen molar-refractivity contribution < 1.29 is 13.9 Å². The first-order chi connectivity index (χ1) is 10.5. The van der Waals surface area contributed by atoms with Gasteiger partial charge in [0.2, 0.25) is 0 Å². The van der Waals surface area contributed by atoms with E-state index in [4.69, 9.17) is 33.2 Å². The number of hydrogen-bond donors (Lipinski definition) is 1. The maximum absolute atomic E-state index is 13.5. The number of anilines is 1. The van der Waals surface area contributed by atoms with Crippen molar-refractivity contribution in [2.24, 2.45) is 0 Å². The third-order valence-electron chi connectivity index (χ3n) is 2.62. The zero-order valence-electron chi connectivity index (χ0n) is 11.1. The number of amides is 1. The molecule has 0 aliphatic rings. The quantitative estimate of drug-likeness (QED) is 0.915. The van der Waals surface area contributed by atoms with Crippen molar-refractivity contribution in [1.29, 1.82) is 5.26 Å². The van der Waals surface area contributed by atoms with Crippen molar-refractivity contribution in [2.75, 3.05) is 11.9 Å². The predicted molar refractivity (Wildman–Crippen MR) is 81.7 cm³/mol. The average Bonchev–Trinajstić information content (AvgIpc) is 2.49. The molecule has 0 unspecified atom stereocenters. The fourth-order valence-electron chi connectivity index (χ4n) is 1.61. The predicted octanol–water partition coefficient (Wildman–Crippen LogP) is 4.02. The van der Waals surface area contributed by atoms with Crippen LogP contribution in [-0.2, 0) is 4.79 Å². The van der Waals surface area contributed by atoms with Gasteiger partial charge in [0.1, 0.15) is 11.6 Å². The second kappa shape index (κ2) is 7.12. The normalized spacial score (nSPS) is 9.91. The van der Waals surface area contributed by atoms with Gasteiger partial charge in [-0.3, -0.25) is 4.79 Å². The Balaban J connectivity index is 1.99. The van der Waals surface area contributed by atoms with Crippen LogP contribution in [-0.4, -0.2) is 12.5 Å². The Morgan fingerprint density at radius 3 is 2.73 bits per heavy atom. The molecular formula is C15H9Cl2FN2O2. The summed E-state index contributed by atoms with van der Waals surface area (Å²) in [6, 6.07) is 10.2. The van der Waals surface area contributed by atoms with Gasteiger partial charge in [-0.25, -0.2) is 4.39 Å². The molecule has 0 radical (unpaired) electrons. The van der Waals surface area contributed by atoms with Crippen LogP contribution in [0.25, 0.3) is 0 Å². The number of halogens is 3. The summed E-state index contributed by atoms with van der Waals surface area (Å²) in [5.41, 5.74) is 0.342. The summed E-state index contributed by atoms with van der Waals surface area (Å²) in [5.74, 6) is -0.918. The van der Waals surface area contributed by atoms with E-state index < -0.39 is 11.7 Å². The van der Waals surface area contributed by atoms with Crippen LogP contribution in [0.1, 0.15) is 5.56 Å². The van der Waals surface area contributed by atoms with E-state index in [1.54, 1.807) is 0 Å². The lowest BCUT2D eigenvalue weighted by atomic mass is 10.2. The molecule has 2 rings (SSSR count). The molecule has 0 saturated carbocycles. The van der Waals surface area contributed by atoms with Crippen molar-refractivity contribution in [3.8, 4) is 11.8 Å².